The number of benzene rings is 1. The number of nitrogens with zero attached hydrogens (tertiary/aromatic N) is 2. The standard InChI is InChI=1S/C17H15BrN2/c1-2-3-9-15-16-12-14(18)10-11-20(16)19-17(15)13-7-5-4-6-8-13/h3-12H,2H2,1H3/b9-3+. The molecule has 0 amide bonds. The van der Waals surface area contributed by atoms with Crippen LogP contribution in [0.25, 0.3) is 22.9 Å². The van der Waals surface area contributed by atoms with Gasteiger partial charge in [0.1, 0.15) is 5.69 Å². The zero-order valence-corrected chi connectivity index (χ0v) is 12.8. The van der Waals surface area contributed by atoms with Gasteiger partial charge in [-0.15, -0.1) is 0 Å². The lowest BCUT2D eigenvalue weighted by atomic mass is 10.1. The highest BCUT2D eigenvalue weighted by molar-refractivity contribution is 9.10. The second-order valence-corrected chi connectivity index (χ2v) is 5.53. The zero-order chi connectivity index (χ0) is 13.9. The highest BCUT2D eigenvalue weighted by atomic mass is 79.9. The minimum absolute atomic E-state index is 1.01. The van der Waals surface area contributed by atoms with Crippen LogP contribution in [0, 0.1) is 0 Å². The number of rotatable bonds is 3. The third kappa shape index (κ3) is 2.41. The van der Waals surface area contributed by atoms with Gasteiger partial charge in [-0.1, -0.05) is 65.3 Å². The Hall–Kier alpha value is -1.87. The van der Waals surface area contributed by atoms with Crippen molar-refractivity contribution in [3.63, 3.8) is 0 Å². The first-order valence-corrected chi connectivity index (χ1v) is 7.48. The van der Waals surface area contributed by atoms with Crippen LogP contribution < -0.4 is 0 Å². The molecule has 0 radical (unpaired) electrons. The monoisotopic (exact) mass is 326 g/mol. The van der Waals surface area contributed by atoms with Crippen LogP contribution in [0.3, 0.4) is 0 Å². The lowest BCUT2D eigenvalue weighted by Crippen LogP contribution is -1.85. The molecule has 2 aromatic heterocycles. The summed E-state index contributed by atoms with van der Waals surface area (Å²) in [5, 5.41) is 4.72. The van der Waals surface area contributed by atoms with Crippen molar-refractivity contribution in [2.24, 2.45) is 0 Å². The Balaban J connectivity index is 2.28. The van der Waals surface area contributed by atoms with Crippen molar-refractivity contribution in [2.75, 3.05) is 0 Å². The van der Waals surface area contributed by atoms with E-state index < -0.39 is 0 Å². The molecule has 1 aromatic carbocycles. The van der Waals surface area contributed by atoms with Crippen LogP contribution in [0.15, 0.2) is 59.2 Å². The number of hydrogen-bond donors (Lipinski definition) is 0. The SMILES string of the molecule is CC/C=C/c1c(-c2ccccc2)nn2ccc(Br)cc12. The summed E-state index contributed by atoms with van der Waals surface area (Å²) in [7, 11) is 0. The summed E-state index contributed by atoms with van der Waals surface area (Å²) in [6.07, 6.45) is 7.33. The average molecular weight is 327 g/mol. The van der Waals surface area contributed by atoms with E-state index in [-0.39, 0.29) is 0 Å². The average Bonchev–Trinajstić information content (AvgIpc) is 2.84. The van der Waals surface area contributed by atoms with Crippen molar-refractivity contribution in [3.05, 3.63) is 64.8 Å². The van der Waals surface area contributed by atoms with Crippen molar-refractivity contribution < 1.29 is 0 Å². The second kappa shape index (κ2) is 5.63. The molecule has 0 N–H and O–H groups in total. The number of halogens is 1. The minimum atomic E-state index is 1.01. The van der Waals surface area contributed by atoms with Crippen LogP contribution in [0.4, 0.5) is 0 Å². The molecule has 0 saturated carbocycles. The summed E-state index contributed by atoms with van der Waals surface area (Å²) < 4.78 is 3.00. The summed E-state index contributed by atoms with van der Waals surface area (Å²) in [6.45, 7) is 2.14. The van der Waals surface area contributed by atoms with Crippen LogP contribution in [0.5, 0.6) is 0 Å². The number of fused-ring (bicyclic) bond motifs is 1. The van der Waals surface area contributed by atoms with Crippen molar-refractivity contribution >= 4 is 27.5 Å². The summed E-state index contributed by atoms with van der Waals surface area (Å²) in [5.41, 5.74) is 4.44. The molecule has 100 valence electrons. The predicted octanol–water partition coefficient (Wildman–Crippen LogP) is 5.19. The minimum Gasteiger partial charge on any atom is -0.240 e. The molecule has 0 unspecified atom stereocenters. The molecule has 0 bridgehead atoms. The van der Waals surface area contributed by atoms with E-state index in [2.05, 4.69) is 53.2 Å². The maximum atomic E-state index is 4.72. The van der Waals surface area contributed by atoms with E-state index in [1.54, 1.807) is 0 Å². The fourth-order valence-electron chi connectivity index (χ4n) is 2.25. The van der Waals surface area contributed by atoms with Crippen LogP contribution in [0.1, 0.15) is 18.9 Å². The lowest BCUT2D eigenvalue weighted by molar-refractivity contribution is 0.964. The number of pyridine rings is 1. The van der Waals surface area contributed by atoms with E-state index in [4.69, 9.17) is 5.10 Å². The largest absolute Gasteiger partial charge is 0.240 e. The van der Waals surface area contributed by atoms with Gasteiger partial charge in [0.2, 0.25) is 0 Å². The van der Waals surface area contributed by atoms with Gasteiger partial charge in [-0.2, -0.15) is 5.10 Å². The Morgan fingerprint density at radius 3 is 2.75 bits per heavy atom. The van der Waals surface area contributed by atoms with E-state index in [1.165, 1.54) is 5.56 Å². The fourth-order valence-corrected chi connectivity index (χ4v) is 2.58. The Bertz CT molecular complexity index is 757. The second-order valence-electron chi connectivity index (χ2n) is 4.61. The molecule has 0 aliphatic rings. The molecule has 3 rings (SSSR count). The molecule has 20 heavy (non-hydrogen) atoms. The van der Waals surface area contributed by atoms with Gasteiger partial charge in [-0.05, 0) is 18.6 Å². The maximum absolute atomic E-state index is 4.72. The van der Waals surface area contributed by atoms with E-state index in [9.17, 15) is 0 Å². The van der Waals surface area contributed by atoms with Gasteiger partial charge in [0.25, 0.3) is 0 Å². The van der Waals surface area contributed by atoms with Gasteiger partial charge in [0.15, 0.2) is 0 Å². The van der Waals surface area contributed by atoms with Crippen molar-refractivity contribution in [1.82, 2.24) is 9.61 Å². The van der Waals surface area contributed by atoms with E-state index in [0.29, 0.717) is 0 Å². The predicted molar refractivity (Wildman–Crippen MR) is 87.7 cm³/mol. The van der Waals surface area contributed by atoms with Gasteiger partial charge in [0.05, 0.1) is 5.52 Å². The smallest absolute Gasteiger partial charge is 0.101 e. The Morgan fingerprint density at radius 1 is 1.20 bits per heavy atom. The highest BCUT2D eigenvalue weighted by Crippen LogP contribution is 2.28. The van der Waals surface area contributed by atoms with Crippen molar-refractivity contribution in [1.29, 1.82) is 0 Å². The van der Waals surface area contributed by atoms with Gasteiger partial charge >= 0.3 is 0 Å². The molecule has 0 spiro atoms. The molecule has 0 aliphatic heterocycles. The van der Waals surface area contributed by atoms with Gasteiger partial charge < -0.3 is 0 Å². The van der Waals surface area contributed by atoms with E-state index in [1.807, 2.05) is 35.0 Å². The summed E-state index contributed by atoms with van der Waals surface area (Å²) in [4.78, 5) is 0. The van der Waals surface area contributed by atoms with Crippen LogP contribution in [0.2, 0.25) is 0 Å². The summed E-state index contributed by atoms with van der Waals surface area (Å²) in [6, 6.07) is 14.4. The van der Waals surface area contributed by atoms with Crippen LogP contribution in [-0.4, -0.2) is 9.61 Å². The lowest BCUT2D eigenvalue weighted by Gasteiger charge is -1.98. The zero-order valence-electron chi connectivity index (χ0n) is 11.3. The van der Waals surface area contributed by atoms with Gasteiger partial charge in [-0.25, -0.2) is 4.52 Å². The molecular weight excluding hydrogens is 312 g/mol. The Labute approximate surface area is 126 Å². The van der Waals surface area contributed by atoms with Crippen LogP contribution in [-0.2, 0) is 0 Å². The van der Waals surface area contributed by atoms with Gasteiger partial charge in [-0.3, -0.25) is 0 Å². The van der Waals surface area contributed by atoms with E-state index >= 15 is 0 Å². The van der Waals surface area contributed by atoms with E-state index in [0.717, 1.165) is 27.7 Å². The molecule has 3 aromatic rings. The molecular formula is C17H15BrN2. The van der Waals surface area contributed by atoms with Crippen molar-refractivity contribution in [2.45, 2.75) is 13.3 Å². The van der Waals surface area contributed by atoms with Crippen LogP contribution >= 0.6 is 15.9 Å². The molecule has 3 heteroatoms. The van der Waals surface area contributed by atoms with Crippen molar-refractivity contribution in [3.8, 4) is 11.3 Å². The molecule has 2 nitrogen and oxygen atoms in total. The summed E-state index contributed by atoms with van der Waals surface area (Å²) in [5.74, 6) is 0. The fraction of sp³-hybridized carbons (Fsp3) is 0.118. The first-order chi connectivity index (χ1) is 9.79. The topological polar surface area (TPSA) is 17.3 Å². The maximum Gasteiger partial charge on any atom is 0.101 e. The molecule has 0 saturated heterocycles. The number of hydrogen-bond acceptors (Lipinski definition) is 1. The number of allylic oxidation sites excluding steroid dienone is 1. The summed E-state index contributed by atoms with van der Waals surface area (Å²) >= 11 is 3.54. The first-order valence-electron chi connectivity index (χ1n) is 6.69. The third-order valence-corrected chi connectivity index (χ3v) is 3.70. The quantitative estimate of drug-likeness (QED) is 0.647. The molecule has 0 aliphatic carbocycles. The highest BCUT2D eigenvalue weighted by Gasteiger charge is 2.12. The first kappa shape index (κ1) is 13.1. The number of aromatic nitrogens is 2. The Morgan fingerprint density at radius 2 is 2.00 bits per heavy atom. The van der Waals surface area contributed by atoms with Gasteiger partial charge in [0, 0.05) is 21.8 Å². The Kier molecular flexibility index (Phi) is 3.70. The molecule has 0 atom stereocenters. The molecule has 0 fully saturated rings. The normalized spacial score (nSPS) is 11.5. The molecule has 2 heterocycles. The third-order valence-electron chi connectivity index (χ3n) is 3.20.